The highest BCUT2D eigenvalue weighted by Gasteiger charge is 2.31. The normalized spacial score (nSPS) is 19.3. The van der Waals surface area contributed by atoms with Crippen LogP contribution in [-0.4, -0.2) is 41.0 Å². The Hall–Kier alpha value is -1.95. The second-order valence-electron chi connectivity index (χ2n) is 4.49. The molecule has 1 fully saturated rings. The van der Waals surface area contributed by atoms with Gasteiger partial charge in [-0.05, 0) is 31.5 Å². The van der Waals surface area contributed by atoms with Crippen LogP contribution < -0.4 is 5.32 Å². The number of benzene rings is 1. The molecule has 1 aliphatic heterocycles. The van der Waals surface area contributed by atoms with Crippen molar-refractivity contribution in [2.24, 2.45) is 0 Å². The Morgan fingerprint density at radius 2 is 2.16 bits per heavy atom. The summed E-state index contributed by atoms with van der Waals surface area (Å²) in [5.41, 5.74) is 0.110. The number of nitrogens with zero attached hydrogens (tertiary/aromatic N) is 1. The third-order valence-corrected chi connectivity index (χ3v) is 3.14. The lowest BCUT2D eigenvalue weighted by Gasteiger charge is -2.20. The lowest BCUT2D eigenvalue weighted by molar-refractivity contribution is -0.142. The minimum Gasteiger partial charge on any atom is -0.480 e. The molecule has 0 radical (unpaired) electrons. The Bertz CT molecular complexity index is 493. The van der Waals surface area contributed by atoms with E-state index in [0.717, 1.165) is 6.42 Å². The van der Waals surface area contributed by atoms with E-state index in [1.165, 1.54) is 18.2 Å². The van der Waals surface area contributed by atoms with Crippen LogP contribution in [0.5, 0.6) is 0 Å². The van der Waals surface area contributed by atoms with E-state index < -0.39 is 23.7 Å². The van der Waals surface area contributed by atoms with E-state index in [4.69, 9.17) is 5.11 Å². The summed E-state index contributed by atoms with van der Waals surface area (Å²) in [5.74, 6) is -1.83. The van der Waals surface area contributed by atoms with Gasteiger partial charge in [0.1, 0.15) is 11.9 Å². The van der Waals surface area contributed by atoms with Gasteiger partial charge in [-0.1, -0.05) is 12.1 Å². The zero-order valence-corrected chi connectivity index (χ0v) is 10.3. The van der Waals surface area contributed by atoms with E-state index in [1.807, 2.05) is 0 Å². The molecule has 1 aromatic rings. The molecule has 1 aliphatic rings. The first-order chi connectivity index (χ1) is 9.08. The van der Waals surface area contributed by atoms with Crippen molar-refractivity contribution in [1.82, 2.24) is 4.90 Å². The van der Waals surface area contributed by atoms with Crippen LogP contribution in [0, 0.1) is 5.82 Å². The van der Waals surface area contributed by atoms with Crippen LogP contribution >= 0.6 is 0 Å². The van der Waals surface area contributed by atoms with Crippen molar-refractivity contribution in [2.45, 2.75) is 18.9 Å². The molecule has 0 spiro atoms. The van der Waals surface area contributed by atoms with E-state index in [9.17, 15) is 14.0 Å². The van der Waals surface area contributed by atoms with Gasteiger partial charge >= 0.3 is 5.97 Å². The largest absolute Gasteiger partial charge is 0.480 e. The fraction of sp³-hybridized carbons (Fsp3) is 0.385. The summed E-state index contributed by atoms with van der Waals surface area (Å²) >= 11 is 0. The molecule has 102 valence electrons. The Morgan fingerprint density at radius 1 is 1.42 bits per heavy atom. The van der Waals surface area contributed by atoms with Crippen LogP contribution in [0.1, 0.15) is 12.8 Å². The van der Waals surface area contributed by atoms with Crippen molar-refractivity contribution in [3.63, 3.8) is 0 Å². The number of anilines is 1. The average Bonchev–Trinajstić information content (AvgIpc) is 2.80. The van der Waals surface area contributed by atoms with Gasteiger partial charge in [0.15, 0.2) is 0 Å². The van der Waals surface area contributed by atoms with Crippen molar-refractivity contribution in [2.75, 3.05) is 18.4 Å². The molecule has 2 N–H and O–H groups in total. The summed E-state index contributed by atoms with van der Waals surface area (Å²) in [6.07, 6.45) is 1.30. The fourth-order valence-corrected chi connectivity index (χ4v) is 2.23. The number of amides is 1. The second kappa shape index (κ2) is 5.79. The van der Waals surface area contributed by atoms with Gasteiger partial charge in [-0.25, -0.2) is 4.39 Å². The van der Waals surface area contributed by atoms with Crippen molar-refractivity contribution >= 4 is 17.6 Å². The molecule has 0 bridgehead atoms. The Morgan fingerprint density at radius 3 is 2.84 bits per heavy atom. The van der Waals surface area contributed by atoms with Gasteiger partial charge in [0.2, 0.25) is 5.91 Å². The standard InChI is InChI=1S/C13H15FN2O3/c14-9-4-1-2-5-10(9)15-12(17)8-16-7-3-6-11(16)13(18)19/h1-2,4-5,11H,3,6-8H2,(H,15,17)(H,18,19). The predicted octanol–water partition coefficient (Wildman–Crippen LogP) is 1.31. The Labute approximate surface area is 110 Å². The summed E-state index contributed by atoms with van der Waals surface area (Å²) in [6.45, 7) is 0.535. The summed E-state index contributed by atoms with van der Waals surface area (Å²) < 4.78 is 13.3. The summed E-state index contributed by atoms with van der Waals surface area (Å²) in [4.78, 5) is 24.3. The second-order valence-corrected chi connectivity index (χ2v) is 4.49. The molecule has 1 heterocycles. The number of aliphatic carboxylic acids is 1. The number of carboxylic acids is 1. The smallest absolute Gasteiger partial charge is 0.320 e. The molecule has 5 nitrogen and oxygen atoms in total. The molecule has 1 aromatic carbocycles. The van der Waals surface area contributed by atoms with E-state index in [-0.39, 0.29) is 12.2 Å². The molecular weight excluding hydrogens is 251 g/mol. The Kier molecular flexibility index (Phi) is 4.11. The van der Waals surface area contributed by atoms with Gasteiger partial charge in [0.25, 0.3) is 0 Å². The fourth-order valence-electron chi connectivity index (χ4n) is 2.23. The lowest BCUT2D eigenvalue weighted by Crippen LogP contribution is -2.41. The molecule has 2 rings (SSSR count). The monoisotopic (exact) mass is 266 g/mol. The summed E-state index contributed by atoms with van der Waals surface area (Å²) in [6, 6.07) is 5.25. The SMILES string of the molecule is O=C(CN1CCCC1C(=O)O)Nc1ccccc1F. The zero-order chi connectivity index (χ0) is 13.8. The molecule has 1 amide bonds. The number of likely N-dealkylation sites (tertiary alicyclic amines) is 1. The van der Waals surface area contributed by atoms with Crippen molar-refractivity contribution in [1.29, 1.82) is 0 Å². The minimum absolute atomic E-state index is 0.0364. The third kappa shape index (κ3) is 3.29. The highest BCUT2D eigenvalue weighted by molar-refractivity contribution is 5.92. The maximum absolute atomic E-state index is 13.3. The van der Waals surface area contributed by atoms with Crippen LogP contribution in [0.15, 0.2) is 24.3 Å². The molecule has 0 aromatic heterocycles. The number of carbonyl (C=O) groups excluding carboxylic acids is 1. The maximum atomic E-state index is 13.3. The van der Waals surface area contributed by atoms with Gasteiger partial charge in [0, 0.05) is 0 Å². The zero-order valence-electron chi connectivity index (χ0n) is 10.3. The number of carboxylic acid groups (broad SMARTS) is 1. The number of hydrogen-bond acceptors (Lipinski definition) is 3. The first-order valence-electron chi connectivity index (χ1n) is 6.09. The number of halogens is 1. The molecule has 0 saturated carbocycles. The van der Waals surface area contributed by atoms with Crippen molar-refractivity contribution in [3.05, 3.63) is 30.1 Å². The molecule has 1 saturated heterocycles. The van der Waals surface area contributed by atoms with Gasteiger partial charge < -0.3 is 10.4 Å². The van der Waals surface area contributed by atoms with Gasteiger partial charge in [0.05, 0.1) is 12.2 Å². The number of para-hydroxylation sites is 1. The van der Waals surface area contributed by atoms with E-state index in [1.54, 1.807) is 11.0 Å². The van der Waals surface area contributed by atoms with Crippen molar-refractivity contribution in [3.8, 4) is 0 Å². The quantitative estimate of drug-likeness (QED) is 0.862. The van der Waals surface area contributed by atoms with E-state index in [2.05, 4.69) is 5.32 Å². The highest BCUT2D eigenvalue weighted by Crippen LogP contribution is 2.17. The molecule has 1 unspecified atom stereocenters. The number of nitrogens with one attached hydrogen (secondary N) is 1. The molecule has 0 aliphatic carbocycles. The highest BCUT2D eigenvalue weighted by atomic mass is 19.1. The number of rotatable bonds is 4. The molecule has 1 atom stereocenters. The molecule has 19 heavy (non-hydrogen) atoms. The summed E-state index contributed by atoms with van der Waals surface area (Å²) in [5, 5.41) is 11.4. The van der Waals surface area contributed by atoms with E-state index in [0.29, 0.717) is 13.0 Å². The molecular formula is C13H15FN2O3. The van der Waals surface area contributed by atoms with Gasteiger partial charge in [-0.15, -0.1) is 0 Å². The number of hydrogen-bond donors (Lipinski definition) is 2. The van der Waals surface area contributed by atoms with Crippen LogP contribution in [0.3, 0.4) is 0 Å². The van der Waals surface area contributed by atoms with Crippen LogP contribution in [-0.2, 0) is 9.59 Å². The van der Waals surface area contributed by atoms with Gasteiger partial charge in [-0.2, -0.15) is 0 Å². The van der Waals surface area contributed by atoms with Crippen LogP contribution in [0.2, 0.25) is 0 Å². The number of carbonyl (C=O) groups is 2. The Balaban J connectivity index is 1.95. The van der Waals surface area contributed by atoms with Gasteiger partial charge in [-0.3, -0.25) is 14.5 Å². The third-order valence-electron chi connectivity index (χ3n) is 3.14. The first kappa shape index (κ1) is 13.5. The predicted molar refractivity (Wildman–Crippen MR) is 67.3 cm³/mol. The van der Waals surface area contributed by atoms with Crippen LogP contribution in [0.4, 0.5) is 10.1 Å². The van der Waals surface area contributed by atoms with E-state index >= 15 is 0 Å². The topological polar surface area (TPSA) is 69.6 Å². The lowest BCUT2D eigenvalue weighted by atomic mass is 10.2. The summed E-state index contributed by atoms with van der Waals surface area (Å²) in [7, 11) is 0. The van der Waals surface area contributed by atoms with Crippen molar-refractivity contribution < 1.29 is 19.1 Å². The maximum Gasteiger partial charge on any atom is 0.320 e. The van der Waals surface area contributed by atoms with Crippen LogP contribution in [0.25, 0.3) is 0 Å². The molecule has 6 heteroatoms. The first-order valence-corrected chi connectivity index (χ1v) is 6.09. The minimum atomic E-state index is -0.920. The average molecular weight is 266 g/mol.